The fraction of sp³-hybridized carbons (Fsp3) is 0.467. The smallest absolute Gasteiger partial charge is 0.335 e. The van der Waals surface area contributed by atoms with E-state index >= 15 is 0 Å². The molecule has 20 heavy (non-hydrogen) atoms. The van der Waals surface area contributed by atoms with Crippen molar-refractivity contribution >= 4 is 17.6 Å². The van der Waals surface area contributed by atoms with Crippen molar-refractivity contribution in [3.8, 4) is 0 Å². The third-order valence-electron chi connectivity index (χ3n) is 3.80. The zero-order valence-electron chi connectivity index (χ0n) is 11.8. The predicted molar refractivity (Wildman–Crippen MR) is 76.9 cm³/mol. The summed E-state index contributed by atoms with van der Waals surface area (Å²) in [7, 11) is 0. The van der Waals surface area contributed by atoms with Gasteiger partial charge in [0.15, 0.2) is 0 Å². The van der Waals surface area contributed by atoms with Crippen LogP contribution in [0.1, 0.15) is 36.2 Å². The molecule has 0 saturated carbocycles. The summed E-state index contributed by atoms with van der Waals surface area (Å²) >= 11 is 0. The lowest BCUT2D eigenvalue weighted by molar-refractivity contribution is -0.119. The molecule has 1 aliphatic rings. The molecule has 0 saturated heterocycles. The number of carboxylic acid groups (broad SMARTS) is 1. The first-order chi connectivity index (χ1) is 9.40. The third kappa shape index (κ3) is 2.82. The number of carbonyl (C=O) groups excluding carboxylic acids is 1. The van der Waals surface area contributed by atoms with Gasteiger partial charge in [-0.2, -0.15) is 0 Å². The molecule has 108 valence electrons. The van der Waals surface area contributed by atoms with Crippen LogP contribution in [0, 0.1) is 5.92 Å². The van der Waals surface area contributed by atoms with Crippen LogP contribution in [0.4, 0.5) is 5.69 Å². The second kappa shape index (κ2) is 5.63. The van der Waals surface area contributed by atoms with E-state index in [1.807, 2.05) is 13.8 Å². The Morgan fingerprint density at radius 2 is 2.10 bits per heavy atom. The van der Waals surface area contributed by atoms with Gasteiger partial charge in [0.05, 0.1) is 5.56 Å². The number of carbonyl (C=O) groups is 2. The Hall–Kier alpha value is -1.88. The lowest BCUT2D eigenvalue weighted by atomic mass is 10.0. The van der Waals surface area contributed by atoms with Crippen molar-refractivity contribution in [3.63, 3.8) is 0 Å². The number of nitrogens with two attached hydrogens (primary N) is 1. The number of carboxylic acids is 1. The SMILES string of the molecule is CC(C)C(N)CC(=O)N1CCc2ccc(C(=O)O)cc21. The van der Waals surface area contributed by atoms with E-state index in [-0.39, 0.29) is 29.9 Å². The molecule has 5 nitrogen and oxygen atoms in total. The van der Waals surface area contributed by atoms with Gasteiger partial charge < -0.3 is 15.7 Å². The van der Waals surface area contributed by atoms with Crippen LogP contribution in [-0.2, 0) is 11.2 Å². The second-order valence-electron chi connectivity index (χ2n) is 5.56. The van der Waals surface area contributed by atoms with E-state index in [0.29, 0.717) is 12.2 Å². The first-order valence-corrected chi connectivity index (χ1v) is 6.82. The average molecular weight is 276 g/mol. The fourth-order valence-corrected chi connectivity index (χ4v) is 2.32. The van der Waals surface area contributed by atoms with Gasteiger partial charge in [-0.15, -0.1) is 0 Å². The number of rotatable bonds is 4. The number of hydrogen-bond donors (Lipinski definition) is 2. The number of anilines is 1. The number of fused-ring (bicyclic) bond motifs is 1. The monoisotopic (exact) mass is 276 g/mol. The largest absolute Gasteiger partial charge is 0.478 e. The quantitative estimate of drug-likeness (QED) is 0.875. The normalized spacial score (nSPS) is 15.3. The predicted octanol–water partition coefficient (Wildman–Crippen LogP) is 1.65. The van der Waals surface area contributed by atoms with Crippen LogP contribution in [-0.4, -0.2) is 29.6 Å². The molecule has 0 radical (unpaired) electrons. The van der Waals surface area contributed by atoms with Gasteiger partial charge in [0.25, 0.3) is 0 Å². The summed E-state index contributed by atoms with van der Waals surface area (Å²) < 4.78 is 0. The summed E-state index contributed by atoms with van der Waals surface area (Å²) in [4.78, 5) is 25.0. The molecule has 1 unspecified atom stereocenters. The summed E-state index contributed by atoms with van der Waals surface area (Å²) in [6.07, 6.45) is 1.05. The maximum absolute atomic E-state index is 12.3. The summed E-state index contributed by atoms with van der Waals surface area (Å²) in [6, 6.07) is 4.77. The van der Waals surface area contributed by atoms with Crippen LogP contribution < -0.4 is 10.6 Å². The summed E-state index contributed by atoms with van der Waals surface area (Å²) in [5.41, 5.74) is 7.88. The van der Waals surface area contributed by atoms with Gasteiger partial charge in [-0.05, 0) is 30.0 Å². The number of amides is 1. The molecular formula is C15H20N2O3. The van der Waals surface area contributed by atoms with Crippen LogP contribution in [0.25, 0.3) is 0 Å². The molecule has 0 fully saturated rings. The molecule has 0 aliphatic carbocycles. The minimum Gasteiger partial charge on any atom is -0.478 e. The molecule has 0 aromatic heterocycles. The van der Waals surface area contributed by atoms with Crippen molar-refractivity contribution in [3.05, 3.63) is 29.3 Å². The lowest BCUT2D eigenvalue weighted by Gasteiger charge is -2.21. The lowest BCUT2D eigenvalue weighted by Crippen LogP contribution is -2.37. The maximum atomic E-state index is 12.3. The van der Waals surface area contributed by atoms with Gasteiger partial charge in [-0.25, -0.2) is 4.79 Å². The number of hydrogen-bond acceptors (Lipinski definition) is 3. The zero-order chi connectivity index (χ0) is 14.9. The topological polar surface area (TPSA) is 83.6 Å². The Balaban J connectivity index is 2.20. The number of benzene rings is 1. The van der Waals surface area contributed by atoms with Crippen molar-refractivity contribution < 1.29 is 14.7 Å². The molecule has 1 aliphatic heterocycles. The highest BCUT2D eigenvalue weighted by Crippen LogP contribution is 2.30. The minimum absolute atomic E-state index is 0.0347. The zero-order valence-corrected chi connectivity index (χ0v) is 11.8. The standard InChI is InChI=1S/C15H20N2O3/c1-9(2)12(16)8-14(18)17-6-5-10-3-4-11(15(19)20)7-13(10)17/h3-4,7,9,12H,5-6,8,16H2,1-2H3,(H,19,20). The molecule has 0 spiro atoms. The molecule has 5 heteroatoms. The Morgan fingerprint density at radius 1 is 1.40 bits per heavy atom. The Morgan fingerprint density at radius 3 is 2.70 bits per heavy atom. The van der Waals surface area contributed by atoms with Crippen molar-refractivity contribution in [2.75, 3.05) is 11.4 Å². The minimum atomic E-state index is -0.981. The van der Waals surface area contributed by atoms with Crippen molar-refractivity contribution in [1.82, 2.24) is 0 Å². The Bertz CT molecular complexity index is 540. The number of aromatic carboxylic acids is 1. The van der Waals surface area contributed by atoms with Crippen molar-refractivity contribution in [2.45, 2.75) is 32.7 Å². The summed E-state index contributed by atoms with van der Waals surface area (Å²) in [5.74, 6) is -0.773. The molecule has 1 heterocycles. The van der Waals surface area contributed by atoms with E-state index in [1.165, 1.54) is 0 Å². The fourth-order valence-electron chi connectivity index (χ4n) is 2.32. The van der Waals surface area contributed by atoms with Gasteiger partial charge in [-0.3, -0.25) is 4.79 Å². The van der Waals surface area contributed by atoms with Crippen LogP contribution in [0.2, 0.25) is 0 Å². The molecular weight excluding hydrogens is 256 g/mol. The molecule has 2 rings (SSSR count). The molecule has 1 aromatic carbocycles. The highest BCUT2D eigenvalue weighted by molar-refractivity contribution is 5.98. The summed E-state index contributed by atoms with van der Waals surface area (Å²) in [5, 5.41) is 9.04. The maximum Gasteiger partial charge on any atom is 0.335 e. The van der Waals surface area contributed by atoms with Gasteiger partial charge in [0.2, 0.25) is 5.91 Å². The second-order valence-corrected chi connectivity index (χ2v) is 5.56. The van der Waals surface area contributed by atoms with Crippen LogP contribution in [0.15, 0.2) is 18.2 Å². The molecule has 3 N–H and O–H groups in total. The van der Waals surface area contributed by atoms with Gasteiger partial charge >= 0.3 is 5.97 Å². The van der Waals surface area contributed by atoms with E-state index < -0.39 is 5.97 Å². The van der Waals surface area contributed by atoms with Gasteiger partial charge in [0.1, 0.15) is 0 Å². The molecule has 1 amide bonds. The molecule has 1 aromatic rings. The number of nitrogens with zero attached hydrogens (tertiary/aromatic N) is 1. The van der Waals surface area contributed by atoms with E-state index in [0.717, 1.165) is 12.0 Å². The highest BCUT2D eigenvalue weighted by Gasteiger charge is 2.27. The summed E-state index contributed by atoms with van der Waals surface area (Å²) in [6.45, 7) is 4.57. The van der Waals surface area contributed by atoms with Crippen LogP contribution in [0.3, 0.4) is 0 Å². The van der Waals surface area contributed by atoms with Gasteiger partial charge in [0, 0.05) is 24.7 Å². The highest BCUT2D eigenvalue weighted by atomic mass is 16.4. The molecule has 1 atom stereocenters. The average Bonchev–Trinajstić information content (AvgIpc) is 2.80. The van der Waals surface area contributed by atoms with E-state index in [2.05, 4.69) is 0 Å². The van der Waals surface area contributed by atoms with Crippen LogP contribution in [0.5, 0.6) is 0 Å². The Labute approximate surface area is 118 Å². The van der Waals surface area contributed by atoms with E-state index in [9.17, 15) is 9.59 Å². The van der Waals surface area contributed by atoms with Crippen molar-refractivity contribution in [2.24, 2.45) is 11.7 Å². The van der Waals surface area contributed by atoms with Crippen molar-refractivity contribution in [1.29, 1.82) is 0 Å². The first kappa shape index (κ1) is 14.5. The van der Waals surface area contributed by atoms with E-state index in [4.69, 9.17) is 10.8 Å². The molecule has 0 bridgehead atoms. The van der Waals surface area contributed by atoms with Crippen LogP contribution >= 0.6 is 0 Å². The first-order valence-electron chi connectivity index (χ1n) is 6.82. The van der Waals surface area contributed by atoms with E-state index in [1.54, 1.807) is 23.1 Å². The Kier molecular flexibility index (Phi) is 4.09. The van der Waals surface area contributed by atoms with Gasteiger partial charge in [-0.1, -0.05) is 19.9 Å². The third-order valence-corrected chi connectivity index (χ3v) is 3.80.